The molecule has 25 heavy (non-hydrogen) atoms. The van der Waals surface area contributed by atoms with Crippen molar-refractivity contribution in [2.75, 3.05) is 11.9 Å². The summed E-state index contributed by atoms with van der Waals surface area (Å²) in [5, 5.41) is 12.2. The van der Waals surface area contributed by atoms with Crippen LogP contribution in [-0.4, -0.2) is 22.8 Å². The van der Waals surface area contributed by atoms with Crippen LogP contribution in [0.15, 0.2) is 49.8 Å². The molecule has 0 spiro atoms. The normalized spacial score (nSPS) is 10.6. The second-order valence-corrected chi connectivity index (χ2v) is 7.89. The number of carbonyl (C=O) groups is 1. The average Bonchev–Trinajstić information content (AvgIpc) is 3.22. The first kappa shape index (κ1) is 18.0. The molecule has 0 aliphatic heterocycles. The van der Waals surface area contributed by atoms with E-state index in [1.165, 1.54) is 29.4 Å². The van der Waals surface area contributed by atoms with Gasteiger partial charge in [0.15, 0.2) is 4.34 Å². The van der Waals surface area contributed by atoms with Crippen LogP contribution in [0.5, 0.6) is 0 Å². The van der Waals surface area contributed by atoms with E-state index in [0.717, 1.165) is 14.5 Å². The Morgan fingerprint density at radius 3 is 3.08 bits per heavy atom. The predicted octanol–water partition coefficient (Wildman–Crippen LogP) is 5.11. The molecule has 0 amide bonds. The van der Waals surface area contributed by atoms with E-state index in [2.05, 4.69) is 31.4 Å². The zero-order valence-corrected chi connectivity index (χ0v) is 16.4. The van der Waals surface area contributed by atoms with Crippen molar-refractivity contribution < 1.29 is 13.9 Å². The van der Waals surface area contributed by atoms with Crippen molar-refractivity contribution in [3.8, 4) is 0 Å². The molecule has 0 aliphatic rings. The molecule has 0 bridgehead atoms. The van der Waals surface area contributed by atoms with Crippen LogP contribution in [0.3, 0.4) is 0 Å². The van der Waals surface area contributed by atoms with Crippen LogP contribution in [0.2, 0.25) is 0 Å². The SMILES string of the molecule is CCOC(=O)c1ccoc1CSc1nnc(Nc2cccc(Br)c2)s1. The van der Waals surface area contributed by atoms with Crippen molar-refractivity contribution in [1.82, 2.24) is 10.2 Å². The minimum atomic E-state index is -0.374. The lowest BCUT2D eigenvalue weighted by atomic mass is 10.3. The zero-order valence-electron chi connectivity index (χ0n) is 13.2. The van der Waals surface area contributed by atoms with Gasteiger partial charge in [0.05, 0.1) is 18.6 Å². The number of hydrogen-bond donors (Lipinski definition) is 1. The van der Waals surface area contributed by atoms with Crippen molar-refractivity contribution in [2.45, 2.75) is 17.0 Å². The van der Waals surface area contributed by atoms with Gasteiger partial charge in [0.25, 0.3) is 0 Å². The van der Waals surface area contributed by atoms with E-state index >= 15 is 0 Å². The molecule has 2 aromatic heterocycles. The number of ether oxygens (including phenoxy) is 1. The van der Waals surface area contributed by atoms with Gasteiger partial charge in [0.2, 0.25) is 5.13 Å². The molecule has 0 aliphatic carbocycles. The number of carbonyl (C=O) groups excluding carboxylic acids is 1. The maximum Gasteiger partial charge on any atom is 0.341 e. The van der Waals surface area contributed by atoms with Gasteiger partial charge in [0.1, 0.15) is 11.3 Å². The Morgan fingerprint density at radius 1 is 1.40 bits per heavy atom. The Kier molecular flexibility index (Phi) is 6.11. The molecule has 2 heterocycles. The van der Waals surface area contributed by atoms with Crippen LogP contribution in [0, 0.1) is 0 Å². The summed E-state index contributed by atoms with van der Waals surface area (Å²) in [5.41, 5.74) is 1.38. The second-order valence-electron chi connectivity index (χ2n) is 4.78. The third-order valence-corrected chi connectivity index (χ3v) is 5.52. The topological polar surface area (TPSA) is 77.2 Å². The first-order chi connectivity index (χ1) is 12.2. The molecule has 0 fully saturated rings. The summed E-state index contributed by atoms with van der Waals surface area (Å²) in [4.78, 5) is 11.8. The fourth-order valence-corrected chi connectivity index (χ4v) is 4.10. The highest BCUT2D eigenvalue weighted by Crippen LogP contribution is 2.31. The molecule has 130 valence electrons. The summed E-state index contributed by atoms with van der Waals surface area (Å²) in [7, 11) is 0. The fraction of sp³-hybridized carbons (Fsp3) is 0.188. The molecule has 3 rings (SSSR count). The third-order valence-electron chi connectivity index (χ3n) is 3.05. The second kappa shape index (κ2) is 8.50. The number of halogens is 1. The zero-order chi connectivity index (χ0) is 17.6. The van der Waals surface area contributed by atoms with Gasteiger partial charge >= 0.3 is 5.97 Å². The standard InChI is InChI=1S/C16H14BrN3O3S2/c1-2-22-14(21)12-6-7-23-13(12)9-24-16-20-19-15(25-16)18-11-5-3-4-10(17)8-11/h3-8H,2,9H2,1H3,(H,18,19). The summed E-state index contributed by atoms with van der Waals surface area (Å²) in [6, 6.07) is 9.43. The number of benzene rings is 1. The number of furan rings is 1. The van der Waals surface area contributed by atoms with Gasteiger partial charge in [0, 0.05) is 10.2 Å². The van der Waals surface area contributed by atoms with Crippen molar-refractivity contribution in [3.63, 3.8) is 0 Å². The molecule has 0 radical (unpaired) electrons. The minimum absolute atomic E-state index is 0.331. The van der Waals surface area contributed by atoms with Gasteiger partial charge in [-0.1, -0.05) is 45.1 Å². The third kappa shape index (κ3) is 4.83. The van der Waals surface area contributed by atoms with E-state index in [1.807, 2.05) is 24.3 Å². The number of esters is 1. The summed E-state index contributed by atoms with van der Waals surface area (Å²) < 4.78 is 12.2. The van der Waals surface area contributed by atoms with E-state index in [9.17, 15) is 4.79 Å². The maximum atomic E-state index is 11.8. The van der Waals surface area contributed by atoms with Gasteiger partial charge < -0.3 is 14.5 Å². The number of nitrogens with zero attached hydrogens (tertiary/aromatic N) is 2. The first-order valence-corrected chi connectivity index (χ1v) is 9.97. The molecular formula is C16H14BrN3O3S2. The average molecular weight is 440 g/mol. The quantitative estimate of drug-likeness (QED) is 0.404. The number of nitrogens with one attached hydrogen (secondary N) is 1. The number of rotatable bonds is 7. The van der Waals surface area contributed by atoms with Crippen LogP contribution < -0.4 is 5.32 Å². The molecule has 1 aromatic carbocycles. The van der Waals surface area contributed by atoms with E-state index in [-0.39, 0.29) is 5.97 Å². The van der Waals surface area contributed by atoms with E-state index in [0.29, 0.717) is 28.8 Å². The summed E-state index contributed by atoms with van der Waals surface area (Å²) in [6.07, 6.45) is 1.49. The highest BCUT2D eigenvalue weighted by Gasteiger charge is 2.16. The van der Waals surface area contributed by atoms with E-state index < -0.39 is 0 Å². The van der Waals surface area contributed by atoms with Gasteiger partial charge in [-0.2, -0.15) is 0 Å². The van der Waals surface area contributed by atoms with Crippen LogP contribution in [0.1, 0.15) is 23.0 Å². The Bertz CT molecular complexity index is 866. The van der Waals surface area contributed by atoms with Crippen LogP contribution >= 0.6 is 39.0 Å². The summed E-state index contributed by atoms with van der Waals surface area (Å²) in [6.45, 7) is 2.10. The minimum Gasteiger partial charge on any atom is -0.468 e. The smallest absolute Gasteiger partial charge is 0.341 e. The molecule has 0 saturated carbocycles. The molecule has 0 unspecified atom stereocenters. The van der Waals surface area contributed by atoms with Gasteiger partial charge in [-0.15, -0.1) is 10.2 Å². The number of aromatic nitrogens is 2. The molecule has 6 nitrogen and oxygen atoms in total. The van der Waals surface area contributed by atoms with Gasteiger partial charge in [-0.3, -0.25) is 0 Å². The highest BCUT2D eigenvalue weighted by atomic mass is 79.9. The number of hydrogen-bond acceptors (Lipinski definition) is 8. The number of thioether (sulfide) groups is 1. The molecule has 1 N–H and O–H groups in total. The largest absolute Gasteiger partial charge is 0.468 e. The fourth-order valence-electron chi connectivity index (χ4n) is 1.98. The Balaban J connectivity index is 1.61. The van der Waals surface area contributed by atoms with E-state index in [4.69, 9.17) is 9.15 Å². The number of anilines is 2. The molecule has 0 saturated heterocycles. The lowest BCUT2D eigenvalue weighted by Gasteiger charge is -2.02. The molecule has 0 atom stereocenters. The summed E-state index contributed by atoms with van der Waals surface area (Å²) >= 11 is 6.33. The Labute approximate surface area is 161 Å². The lowest BCUT2D eigenvalue weighted by Crippen LogP contribution is -2.05. The monoisotopic (exact) mass is 439 g/mol. The van der Waals surface area contributed by atoms with Crippen molar-refractivity contribution in [3.05, 3.63) is 52.4 Å². The summed E-state index contributed by atoms with van der Waals surface area (Å²) in [5.74, 6) is 0.674. The van der Waals surface area contributed by atoms with Crippen LogP contribution in [0.4, 0.5) is 10.8 Å². The lowest BCUT2D eigenvalue weighted by molar-refractivity contribution is 0.0524. The van der Waals surface area contributed by atoms with Crippen molar-refractivity contribution >= 4 is 55.8 Å². The Hall–Kier alpha value is -1.84. The van der Waals surface area contributed by atoms with Crippen LogP contribution in [0.25, 0.3) is 0 Å². The molecular weight excluding hydrogens is 426 g/mol. The molecule has 3 aromatic rings. The molecule has 9 heteroatoms. The Morgan fingerprint density at radius 2 is 2.28 bits per heavy atom. The predicted molar refractivity (Wildman–Crippen MR) is 102 cm³/mol. The van der Waals surface area contributed by atoms with Gasteiger partial charge in [-0.05, 0) is 31.2 Å². The van der Waals surface area contributed by atoms with Crippen molar-refractivity contribution in [2.24, 2.45) is 0 Å². The first-order valence-electron chi connectivity index (χ1n) is 7.38. The highest BCUT2D eigenvalue weighted by molar-refractivity contribution is 9.10. The van der Waals surface area contributed by atoms with Crippen LogP contribution in [-0.2, 0) is 10.5 Å². The van der Waals surface area contributed by atoms with E-state index in [1.54, 1.807) is 13.0 Å². The van der Waals surface area contributed by atoms with Crippen molar-refractivity contribution in [1.29, 1.82) is 0 Å². The van der Waals surface area contributed by atoms with Gasteiger partial charge in [-0.25, -0.2) is 4.79 Å². The maximum absolute atomic E-state index is 11.8.